The summed E-state index contributed by atoms with van der Waals surface area (Å²) < 4.78 is 4.97. The van der Waals surface area contributed by atoms with Crippen LogP contribution < -0.4 is 11.5 Å². The number of fused-ring (bicyclic) bond motifs is 1. The van der Waals surface area contributed by atoms with Gasteiger partial charge in [0, 0.05) is 11.6 Å². The normalized spacial score (nSPS) is 12.4. The number of methoxy groups -OCH3 is 1. The van der Waals surface area contributed by atoms with Crippen LogP contribution in [0.15, 0.2) is 24.4 Å². The Hall–Kier alpha value is -1.98. The van der Waals surface area contributed by atoms with Crippen molar-refractivity contribution in [3.63, 3.8) is 0 Å². The maximum Gasteiger partial charge on any atom is 0.338 e. The lowest BCUT2D eigenvalue weighted by atomic mass is 9.94. The zero-order valence-electron chi connectivity index (χ0n) is 13.1. The first kappa shape index (κ1) is 16.4. The number of esters is 1. The smallest absolute Gasteiger partial charge is 0.338 e. The number of benzene rings is 1. The van der Waals surface area contributed by atoms with Crippen molar-refractivity contribution in [2.45, 2.75) is 25.7 Å². The molecular weight excluding hydrogens is 278 g/mol. The molecule has 0 radical (unpaired) electrons. The van der Waals surface area contributed by atoms with Crippen molar-refractivity contribution in [1.29, 1.82) is 0 Å². The molecule has 0 fully saturated rings. The summed E-state index contributed by atoms with van der Waals surface area (Å²) >= 11 is 0. The maximum atomic E-state index is 12.3. The van der Waals surface area contributed by atoms with Crippen LogP contribution in [0.3, 0.4) is 0 Å². The number of pyridine rings is 1. The number of hydrogen-bond donors (Lipinski definition) is 2. The van der Waals surface area contributed by atoms with E-state index in [1.807, 2.05) is 18.2 Å². The summed E-state index contributed by atoms with van der Waals surface area (Å²) in [5.74, 6) is -0.159. The lowest BCUT2D eigenvalue weighted by Crippen LogP contribution is -2.12. The topological polar surface area (TPSA) is 91.2 Å². The Morgan fingerprint density at radius 3 is 2.77 bits per heavy atom. The minimum absolute atomic E-state index is 0.177. The number of hydrogen-bond acceptors (Lipinski definition) is 5. The quantitative estimate of drug-likeness (QED) is 0.796. The predicted octanol–water partition coefficient (Wildman–Crippen LogP) is 1.97. The molecule has 0 aliphatic heterocycles. The maximum absolute atomic E-state index is 12.3. The van der Waals surface area contributed by atoms with Gasteiger partial charge in [0.1, 0.15) is 0 Å². The highest BCUT2D eigenvalue weighted by Gasteiger charge is 2.19. The Bertz CT molecular complexity index is 670. The molecule has 22 heavy (non-hydrogen) atoms. The van der Waals surface area contributed by atoms with Crippen molar-refractivity contribution in [3.05, 3.63) is 41.1 Å². The average Bonchev–Trinajstić information content (AvgIpc) is 2.57. The Morgan fingerprint density at radius 2 is 2.14 bits per heavy atom. The molecule has 1 aromatic carbocycles. The highest BCUT2D eigenvalue weighted by atomic mass is 16.5. The van der Waals surface area contributed by atoms with Gasteiger partial charge in [0.15, 0.2) is 0 Å². The van der Waals surface area contributed by atoms with Crippen molar-refractivity contribution in [2.24, 2.45) is 11.5 Å². The van der Waals surface area contributed by atoms with Crippen LogP contribution in [-0.4, -0.2) is 31.2 Å². The lowest BCUT2D eigenvalue weighted by molar-refractivity contribution is 0.0601. The van der Waals surface area contributed by atoms with Gasteiger partial charge in [-0.2, -0.15) is 0 Å². The molecule has 1 atom stereocenters. The first-order chi connectivity index (χ1) is 10.6. The molecule has 2 aromatic rings. The van der Waals surface area contributed by atoms with E-state index in [-0.39, 0.29) is 11.9 Å². The lowest BCUT2D eigenvalue weighted by Gasteiger charge is -2.15. The van der Waals surface area contributed by atoms with Gasteiger partial charge >= 0.3 is 5.97 Å². The van der Waals surface area contributed by atoms with E-state index in [2.05, 4.69) is 11.9 Å². The third-order valence-electron chi connectivity index (χ3n) is 3.93. The summed E-state index contributed by atoms with van der Waals surface area (Å²) in [4.78, 5) is 16.8. The van der Waals surface area contributed by atoms with Crippen LogP contribution in [0.5, 0.6) is 0 Å². The van der Waals surface area contributed by atoms with Crippen molar-refractivity contribution >= 4 is 16.9 Å². The molecule has 1 heterocycles. The predicted molar refractivity (Wildman–Crippen MR) is 87.9 cm³/mol. The fourth-order valence-corrected chi connectivity index (χ4v) is 2.64. The first-order valence-electron chi connectivity index (χ1n) is 7.53. The van der Waals surface area contributed by atoms with Gasteiger partial charge in [-0.05, 0) is 43.0 Å². The van der Waals surface area contributed by atoms with Crippen LogP contribution in [0.25, 0.3) is 10.9 Å². The van der Waals surface area contributed by atoms with Gasteiger partial charge in [-0.3, -0.25) is 4.98 Å². The molecule has 0 aliphatic carbocycles. The van der Waals surface area contributed by atoms with Gasteiger partial charge in [-0.1, -0.05) is 25.1 Å². The summed E-state index contributed by atoms with van der Waals surface area (Å²) in [5, 5.41) is 0.819. The average molecular weight is 301 g/mol. The van der Waals surface area contributed by atoms with Crippen LogP contribution in [-0.2, 0) is 11.2 Å². The monoisotopic (exact) mass is 301 g/mol. The molecular formula is C17H23N3O2. The molecule has 0 saturated carbocycles. The van der Waals surface area contributed by atoms with E-state index in [0.29, 0.717) is 25.1 Å². The minimum Gasteiger partial charge on any atom is -0.465 e. The Labute approximate surface area is 130 Å². The zero-order valence-corrected chi connectivity index (χ0v) is 13.1. The number of nitrogens with zero attached hydrogens (tertiary/aromatic N) is 1. The van der Waals surface area contributed by atoms with Gasteiger partial charge in [0.25, 0.3) is 0 Å². The van der Waals surface area contributed by atoms with Crippen molar-refractivity contribution < 1.29 is 9.53 Å². The van der Waals surface area contributed by atoms with E-state index in [0.717, 1.165) is 28.5 Å². The molecule has 5 heteroatoms. The Kier molecular flexibility index (Phi) is 5.46. The number of carbonyl (C=O) groups is 1. The number of para-hydroxylation sites is 1. The number of nitrogens with two attached hydrogens (primary N) is 2. The van der Waals surface area contributed by atoms with E-state index >= 15 is 0 Å². The van der Waals surface area contributed by atoms with Gasteiger partial charge in [0.2, 0.25) is 0 Å². The van der Waals surface area contributed by atoms with Crippen LogP contribution in [0.2, 0.25) is 0 Å². The number of carbonyl (C=O) groups excluding carboxylic acids is 1. The van der Waals surface area contributed by atoms with E-state index in [9.17, 15) is 4.79 Å². The largest absolute Gasteiger partial charge is 0.465 e. The fourth-order valence-electron chi connectivity index (χ4n) is 2.64. The van der Waals surface area contributed by atoms with Crippen molar-refractivity contribution in [2.75, 3.05) is 20.2 Å². The molecule has 1 unspecified atom stereocenters. The first-order valence-corrected chi connectivity index (χ1v) is 7.53. The highest BCUT2D eigenvalue weighted by Crippen LogP contribution is 2.28. The Morgan fingerprint density at radius 1 is 1.36 bits per heavy atom. The van der Waals surface area contributed by atoms with E-state index in [4.69, 9.17) is 16.2 Å². The van der Waals surface area contributed by atoms with Crippen molar-refractivity contribution in [1.82, 2.24) is 4.98 Å². The van der Waals surface area contributed by atoms with Crippen LogP contribution in [0, 0.1) is 0 Å². The number of aryl methyl sites for hydroxylation is 1. The minimum atomic E-state index is -0.336. The molecule has 2 rings (SSSR count). The summed E-state index contributed by atoms with van der Waals surface area (Å²) in [6.07, 6.45) is 3.27. The molecule has 0 saturated heterocycles. The van der Waals surface area contributed by atoms with Gasteiger partial charge in [-0.15, -0.1) is 0 Å². The molecule has 4 N–H and O–H groups in total. The number of rotatable bonds is 6. The zero-order chi connectivity index (χ0) is 16.1. The van der Waals surface area contributed by atoms with Crippen LogP contribution in [0.1, 0.15) is 40.7 Å². The third kappa shape index (κ3) is 3.10. The van der Waals surface area contributed by atoms with Gasteiger partial charge < -0.3 is 16.2 Å². The molecule has 0 aliphatic rings. The van der Waals surface area contributed by atoms with Gasteiger partial charge in [-0.25, -0.2) is 4.79 Å². The highest BCUT2D eigenvalue weighted by molar-refractivity contribution is 6.05. The molecule has 5 nitrogen and oxygen atoms in total. The summed E-state index contributed by atoms with van der Waals surface area (Å²) in [5.41, 5.74) is 14.7. The summed E-state index contributed by atoms with van der Waals surface area (Å²) in [6, 6.07) is 5.85. The SMILES string of the molecule is COC(=O)c1c(CCCN)cnc2c(C(C)CN)cccc12. The second-order valence-electron chi connectivity index (χ2n) is 5.42. The fraction of sp³-hybridized carbons (Fsp3) is 0.412. The summed E-state index contributed by atoms with van der Waals surface area (Å²) in [6.45, 7) is 3.16. The van der Waals surface area contributed by atoms with Crippen LogP contribution >= 0.6 is 0 Å². The number of aromatic nitrogens is 1. The van der Waals surface area contributed by atoms with E-state index in [1.54, 1.807) is 6.20 Å². The molecule has 0 spiro atoms. The molecule has 118 valence electrons. The second kappa shape index (κ2) is 7.33. The van der Waals surface area contributed by atoms with Crippen LogP contribution in [0.4, 0.5) is 0 Å². The summed E-state index contributed by atoms with van der Waals surface area (Å²) in [7, 11) is 1.40. The van der Waals surface area contributed by atoms with Crippen molar-refractivity contribution in [3.8, 4) is 0 Å². The third-order valence-corrected chi connectivity index (χ3v) is 3.93. The molecule has 0 bridgehead atoms. The molecule has 1 aromatic heterocycles. The second-order valence-corrected chi connectivity index (χ2v) is 5.42. The van der Waals surface area contributed by atoms with Gasteiger partial charge in [0.05, 0.1) is 18.2 Å². The molecule has 0 amide bonds. The van der Waals surface area contributed by atoms with E-state index in [1.165, 1.54) is 7.11 Å². The Balaban J connectivity index is 2.68. The standard InChI is InChI=1S/C17H23N3O2/c1-11(9-19)13-6-3-7-14-15(17(21)22-2)12(5-4-8-18)10-20-16(13)14/h3,6-7,10-11H,4-5,8-9,18-19H2,1-2H3. The van der Waals surface area contributed by atoms with E-state index < -0.39 is 0 Å². The number of ether oxygens (including phenoxy) is 1.